The van der Waals surface area contributed by atoms with E-state index in [9.17, 15) is 18.0 Å². The van der Waals surface area contributed by atoms with Gasteiger partial charge in [-0.05, 0) is 30.3 Å². The van der Waals surface area contributed by atoms with Gasteiger partial charge in [-0.15, -0.1) is 0 Å². The number of hydrogen-bond acceptors (Lipinski definition) is 5. The summed E-state index contributed by atoms with van der Waals surface area (Å²) in [5, 5.41) is 5.81. The van der Waals surface area contributed by atoms with Crippen LogP contribution in [0.2, 0.25) is 0 Å². The highest BCUT2D eigenvalue weighted by Gasteiger charge is 2.33. The Morgan fingerprint density at radius 2 is 2.07 bits per heavy atom. The van der Waals surface area contributed by atoms with Crippen LogP contribution in [-0.2, 0) is 6.18 Å². The molecule has 2 aromatic heterocycles. The molecule has 6 nitrogen and oxygen atoms in total. The fraction of sp³-hybridized carbons (Fsp3) is 0.222. The fourth-order valence-electron chi connectivity index (χ4n) is 2.54. The number of halogens is 3. The van der Waals surface area contributed by atoms with Gasteiger partial charge in [0.05, 0.1) is 18.2 Å². The first kappa shape index (κ1) is 18.6. The summed E-state index contributed by atoms with van der Waals surface area (Å²) in [6.45, 7) is 0.175. The summed E-state index contributed by atoms with van der Waals surface area (Å²) in [5.74, 6) is -0.104. The Bertz CT molecular complexity index is 954. The van der Waals surface area contributed by atoms with Gasteiger partial charge in [0, 0.05) is 24.7 Å². The van der Waals surface area contributed by atoms with Crippen LogP contribution in [0.25, 0.3) is 11.0 Å². The summed E-state index contributed by atoms with van der Waals surface area (Å²) in [5.41, 5.74) is -0.00986. The van der Waals surface area contributed by atoms with Gasteiger partial charge < -0.3 is 19.8 Å². The van der Waals surface area contributed by atoms with Crippen LogP contribution in [0.1, 0.15) is 15.9 Å². The average Bonchev–Trinajstić information content (AvgIpc) is 3.07. The monoisotopic (exact) mass is 379 g/mol. The van der Waals surface area contributed by atoms with E-state index >= 15 is 0 Å². The molecule has 0 aliphatic rings. The van der Waals surface area contributed by atoms with E-state index in [-0.39, 0.29) is 18.9 Å². The summed E-state index contributed by atoms with van der Waals surface area (Å²) in [6.07, 6.45) is -1.91. The van der Waals surface area contributed by atoms with Crippen molar-refractivity contribution in [3.8, 4) is 5.75 Å². The maximum Gasteiger partial charge on any atom is 0.419 e. The number of fused-ring (bicyclic) bond motifs is 1. The molecule has 2 heterocycles. The molecule has 3 rings (SSSR count). The highest BCUT2D eigenvalue weighted by Crippen LogP contribution is 2.33. The van der Waals surface area contributed by atoms with E-state index in [0.29, 0.717) is 22.3 Å². The Kier molecular flexibility index (Phi) is 5.20. The Labute approximate surface area is 152 Å². The lowest BCUT2D eigenvalue weighted by atomic mass is 10.1. The Morgan fingerprint density at radius 3 is 2.81 bits per heavy atom. The first-order valence-electron chi connectivity index (χ1n) is 7.99. The van der Waals surface area contributed by atoms with Crippen LogP contribution < -0.4 is 15.4 Å². The lowest BCUT2D eigenvalue weighted by Crippen LogP contribution is -2.29. The minimum absolute atomic E-state index is 0.0743. The summed E-state index contributed by atoms with van der Waals surface area (Å²) >= 11 is 0. The molecule has 0 atom stereocenters. The molecule has 142 valence electrons. The summed E-state index contributed by atoms with van der Waals surface area (Å²) in [7, 11) is 1.51. The van der Waals surface area contributed by atoms with Crippen molar-refractivity contribution in [1.29, 1.82) is 0 Å². The second-order valence-corrected chi connectivity index (χ2v) is 5.59. The minimum atomic E-state index is -4.51. The van der Waals surface area contributed by atoms with Crippen LogP contribution in [0, 0.1) is 0 Å². The molecule has 0 aliphatic heterocycles. The molecule has 0 fully saturated rings. The van der Waals surface area contributed by atoms with E-state index in [4.69, 9.17) is 9.15 Å². The predicted octanol–water partition coefficient (Wildman–Crippen LogP) is 3.70. The lowest BCUT2D eigenvalue weighted by molar-refractivity contribution is -0.137. The number of aromatic nitrogens is 1. The van der Waals surface area contributed by atoms with Crippen LogP contribution in [0.3, 0.4) is 0 Å². The van der Waals surface area contributed by atoms with Gasteiger partial charge in [-0.25, -0.2) is 4.98 Å². The number of rotatable bonds is 6. The number of nitrogens with zero attached hydrogens (tertiary/aromatic N) is 1. The molecule has 0 saturated heterocycles. The lowest BCUT2D eigenvalue weighted by Gasteiger charge is -2.13. The van der Waals surface area contributed by atoms with Gasteiger partial charge in [-0.3, -0.25) is 4.79 Å². The number of nitrogens with one attached hydrogen (secondary N) is 2. The molecule has 0 radical (unpaired) electrons. The summed E-state index contributed by atoms with van der Waals surface area (Å²) in [6, 6.07) is 7.23. The topological polar surface area (TPSA) is 76.4 Å². The van der Waals surface area contributed by atoms with E-state index in [1.807, 2.05) is 0 Å². The maximum atomic E-state index is 12.9. The van der Waals surface area contributed by atoms with Crippen molar-refractivity contribution in [2.45, 2.75) is 6.18 Å². The summed E-state index contributed by atoms with van der Waals surface area (Å²) < 4.78 is 49.2. The quantitative estimate of drug-likeness (QED) is 0.639. The van der Waals surface area contributed by atoms with E-state index < -0.39 is 17.6 Å². The Hall–Kier alpha value is -3.23. The number of amides is 1. The number of anilines is 1. The Morgan fingerprint density at radius 1 is 1.26 bits per heavy atom. The normalized spacial score (nSPS) is 11.4. The molecule has 1 amide bonds. The molecule has 2 N–H and O–H groups in total. The number of carbonyl (C=O) groups excluding carboxylic acids is 1. The van der Waals surface area contributed by atoms with E-state index in [0.717, 1.165) is 6.07 Å². The SMILES string of the molecule is COc1ccc2occ(C(=O)NCCNc3ncccc3C(F)(F)F)c2c1. The van der Waals surface area contributed by atoms with E-state index in [1.165, 1.54) is 25.6 Å². The number of benzene rings is 1. The highest BCUT2D eigenvalue weighted by molar-refractivity contribution is 6.06. The second kappa shape index (κ2) is 7.56. The van der Waals surface area contributed by atoms with Crippen molar-refractivity contribution in [2.75, 3.05) is 25.5 Å². The minimum Gasteiger partial charge on any atom is -0.497 e. The third-order valence-electron chi connectivity index (χ3n) is 3.84. The predicted molar refractivity (Wildman–Crippen MR) is 92.8 cm³/mol. The van der Waals surface area contributed by atoms with Crippen LogP contribution in [0.15, 0.2) is 47.2 Å². The van der Waals surface area contributed by atoms with Crippen LogP contribution >= 0.6 is 0 Å². The standard InChI is InChI=1S/C18H16F3N3O3/c1-26-11-4-5-15-12(9-11)13(10-27-15)17(25)24-8-7-23-16-14(18(19,20)21)3-2-6-22-16/h2-6,9-10H,7-8H2,1H3,(H,22,23)(H,24,25). The van der Waals surface area contributed by atoms with Gasteiger partial charge >= 0.3 is 6.18 Å². The van der Waals surface area contributed by atoms with Gasteiger partial charge in [-0.2, -0.15) is 13.2 Å². The molecular weight excluding hydrogens is 363 g/mol. The molecule has 0 unspecified atom stereocenters. The zero-order valence-corrected chi connectivity index (χ0v) is 14.3. The largest absolute Gasteiger partial charge is 0.497 e. The molecule has 0 bridgehead atoms. The van der Waals surface area contributed by atoms with Gasteiger partial charge in [0.2, 0.25) is 0 Å². The summed E-state index contributed by atoms with van der Waals surface area (Å²) in [4.78, 5) is 16.0. The van der Waals surface area contributed by atoms with Gasteiger partial charge in [0.15, 0.2) is 0 Å². The third-order valence-corrected chi connectivity index (χ3v) is 3.84. The highest BCUT2D eigenvalue weighted by atomic mass is 19.4. The molecule has 27 heavy (non-hydrogen) atoms. The van der Waals surface area contributed by atoms with E-state index in [1.54, 1.807) is 18.2 Å². The van der Waals surface area contributed by atoms with Crippen LogP contribution in [0.4, 0.5) is 19.0 Å². The molecule has 1 aromatic carbocycles. The number of ether oxygens (including phenoxy) is 1. The molecule has 9 heteroatoms. The zero-order valence-electron chi connectivity index (χ0n) is 14.3. The zero-order chi connectivity index (χ0) is 19.4. The first-order valence-corrected chi connectivity index (χ1v) is 7.99. The maximum absolute atomic E-state index is 12.9. The molecule has 0 aliphatic carbocycles. The Balaban J connectivity index is 1.61. The molecular formula is C18H16F3N3O3. The van der Waals surface area contributed by atoms with Crippen molar-refractivity contribution in [2.24, 2.45) is 0 Å². The number of furan rings is 1. The number of methoxy groups -OCH3 is 1. The average molecular weight is 379 g/mol. The smallest absolute Gasteiger partial charge is 0.419 e. The van der Waals surface area contributed by atoms with Crippen molar-refractivity contribution < 1.29 is 27.1 Å². The number of carbonyl (C=O) groups is 1. The van der Waals surface area contributed by atoms with Crippen LogP contribution in [-0.4, -0.2) is 31.1 Å². The van der Waals surface area contributed by atoms with Gasteiger partial charge in [0.1, 0.15) is 23.4 Å². The van der Waals surface area contributed by atoms with Gasteiger partial charge in [-0.1, -0.05) is 0 Å². The molecule has 0 saturated carbocycles. The van der Waals surface area contributed by atoms with Crippen molar-refractivity contribution in [3.63, 3.8) is 0 Å². The van der Waals surface area contributed by atoms with E-state index in [2.05, 4.69) is 15.6 Å². The van der Waals surface area contributed by atoms with Gasteiger partial charge in [0.25, 0.3) is 5.91 Å². The van der Waals surface area contributed by atoms with Crippen molar-refractivity contribution in [1.82, 2.24) is 10.3 Å². The third kappa shape index (κ3) is 4.13. The molecule has 3 aromatic rings. The second-order valence-electron chi connectivity index (χ2n) is 5.59. The fourth-order valence-corrected chi connectivity index (χ4v) is 2.54. The van der Waals surface area contributed by atoms with Crippen molar-refractivity contribution >= 4 is 22.7 Å². The number of alkyl halides is 3. The first-order chi connectivity index (χ1) is 12.9. The molecule has 0 spiro atoms. The van der Waals surface area contributed by atoms with Crippen molar-refractivity contribution in [3.05, 3.63) is 53.9 Å². The van der Waals surface area contributed by atoms with Crippen LogP contribution in [0.5, 0.6) is 5.75 Å². The number of pyridine rings is 1. The number of hydrogen-bond donors (Lipinski definition) is 2.